The molecule has 1 saturated heterocycles. The molecule has 5 rings (SSSR count). The summed E-state index contributed by atoms with van der Waals surface area (Å²) in [7, 11) is 0. The Bertz CT molecular complexity index is 1280. The zero-order valence-electron chi connectivity index (χ0n) is 16.1. The molecule has 0 aliphatic carbocycles. The lowest BCUT2D eigenvalue weighted by Crippen LogP contribution is -2.37. The van der Waals surface area contributed by atoms with E-state index in [9.17, 15) is 9.59 Å². The lowest BCUT2D eigenvalue weighted by molar-refractivity contribution is -0.147. The minimum absolute atomic E-state index is 0.00310. The number of carbonyl (C=O) groups is 1. The van der Waals surface area contributed by atoms with Crippen LogP contribution in [-0.2, 0) is 16.1 Å². The van der Waals surface area contributed by atoms with E-state index in [0.29, 0.717) is 17.6 Å². The molecule has 1 aliphatic rings. The van der Waals surface area contributed by atoms with Crippen LogP contribution in [0.4, 0.5) is 0 Å². The lowest BCUT2D eigenvalue weighted by atomic mass is 10.0. The van der Waals surface area contributed by atoms with E-state index in [1.165, 1.54) is 6.07 Å². The molecule has 3 aromatic carbocycles. The molecular weight excluding hydrogens is 380 g/mol. The van der Waals surface area contributed by atoms with E-state index >= 15 is 0 Å². The fourth-order valence-electron chi connectivity index (χ4n) is 4.00. The third-order valence-corrected chi connectivity index (χ3v) is 5.47. The van der Waals surface area contributed by atoms with E-state index in [1.807, 2.05) is 60.7 Å². The van der Waals surface area contributed by atoms with Crippen LogP contribution >= 0.6 is 0 Å². The summed E-state index contributed by atoms with van der Waals surface area (Å²) in [6, 6.07) is 22.5. The Morgan fingerprint density at radius 1 is 1.00 bits per heavy atom. The molecule has 4 aromatic rings. The molecule has 1 fully saturated rings. The highest BCUT2D eigenvalue weighted by Gasteiger charge is 2.31. The molecule has 0 spiro atoms. The Hall–Kier alpha value is -3.48. The highest BCUT2D eigenvalue weighted by atomic mass is 16.5. The van der Waals surface area contributed by atoms with Gasteiger partial charge < -0.3 is 9.15 Å². The smallest absolute Gasteiger partial charge is 0.336 e. The van der Waals surface area contributed by atoms with Crippen molar-refractivity contribution in [3.8, 4) is 0 Å². The predicted octanol–water partition coefficient (Wildman–Crippen LogP) is 3.60. The number of esters is 1. The predicted molar refractivity (Wildman–Crippen MR) is 114 cm³/mol. The first-order valence-electron chi connectivity index (χ1n) is 9.86. The number of fused-ring (bicyclic) bond motifs is 3. The van der Waals surface area contributed by atoms with Gasteiger partial charge in [0.05, 0.1) is 0 Å². The molecule has 2 unspecified atom stereocenters. The molecule has 2 atom stereocenters. The van der Waals surface area contributed by atoms with Gasteiger partial charge in [-0.2, -0.15) is 0 Å². The summed E-state index contributed by atoms with van der Waals surface area (Å²) in [5.74, 6) is -0.359. The van der Waals surface area contributed by atoms with Crippen LogP contribution in [0, 0.1) is 0 Å². The first-order valence-corrected chi connectivity index (χ1v) is 9.86. The number of hydrogen-bond donors (Lipinski definition) is 2. The summed E-state index contributed by atoms with van der Waals surface area (Å²) >= 11 is 0. The second-order valence-corrected chi connectivity index (χ2v) is 7.40. The fraction of sp³-hybridized carbons (Fsp3) is 0.167. The van der Waals surface area contributed by atoms with Gasteiger partial charge in [-0.05, 0) is 28.8 Å². The van der Waals surface area contributed by atoms with Crippen molar-refractivity contribution in [3.05, 3.63) is 94.3 Å². The first-order chi connectivity index (χ1) is 14.7. The standard InChI is InChI=1S/C24H20N2O4/c27-22-12-17(23-18-9-5-4-6-15(18)10-11-21(23)30-22)14-29-24(28)20-13-19(25-26-20)16-7-2-1-3-8-16/h1-12,19-20,25-26H,13-14H2. The van der Waals surface area contributed by atoms with Gasteiger partial charge in [0.15, 0.2) is 0 Å². The number of ether oxygens (including phenoxy) is 1. The molecule has 6 heteroatoms. The number of rotatable bonds is 4. The Labute approximate surface area is 172 Å². The zero-order chi connectivity index (χ0) is 20.5. The second-order valence-electron chi connectivity index (χ2n) is 7.40. The van der Waals surface area contributed by atoms with Crippen LogP contribution in [-0.4, -0.2) is 12.0 Å². The lowest BCUT2D eigenvalue weighted by Gasteiger charge is -2.12. The normalized spacial score (nSPS) is 18.7. The van der Waals surface area contributed by atoms with Crippen molar-refractivity contribution in [3.63, 3.8) is 0 Å². The topological polar surface area (TPSA) is 80.6 Å². The molecule has 1 aliphatic heterocycles. The fourth-order valence-corrected chi connectivity index (χ4v) is 4.00. The van der Waals surface area contributed by atoms with Gasteiger partial charge in [-0.25, -0.2) is 15.6 Å². The van der Waals surface area contributed by atoms with Crippen LogP contribution < -0.4 is 16.5 Å². The summed E-state index contributed by atoms with van der Waals surface area (Å²) in [5, 5.41) is 2.77. The molecule has 6 nitrogen and oxygen atoms in total. The molecular formula is C24H20N2O4. The van der Waals surface area contributed by atoms with E-state index in [1.54, 1.807) is 6.07 Å². The van der Waals surface area contributed by atoms with Gasteiger partial charge in [-0.1, -0.05) is 60.7 Å². The van der Waals surface area contributed by atoms with Crippen molar-refractivity contribution in [2.75, 3.05) is 0 Å². The third-order valence-electron chi connectivity index (χ3n) is 5.47. The molecule has 1 aromatic heterocycles. The minimum Gasteiger partial charge on any atom is -0.460 e. The summed E-state index contributed by atoms with van der Waals surface area (Å²) < 4.78 is 10.9. The number of benzene rings is 3. The number of nitrogens with one attached hydrogen (secondary N) is 2. The Balaban J connectivity index is 1.37. The Morgan fingerprint density at radius 2 is 1.80 bits per heavy atom. The van der Waals surface area contributed by atoms with Gasteiger partial charge in [0.25, 0.3) is 0 Å². The summed E-state index contributed by atoms with van der Waals surface area (Å²) in [6.07, 6.45) is 0.587. The van der Waals surface area contributed by atoms with E-state index in [0.717, 1.165) is 21.7 Å². The van der Waals surface area contributed by atoms with Crippen LogP contribution in [0.2, 0.25) is 0 Å². The summed E-state index contributed by atoms with van der Waals surface area (Å²) in [5.41, 5.74) is 7.93. The van der Waals surface area contributed by atoms with Crippen LogP contribution in [0.1, 0.15) is 23.6 Å². The van der Waals surface area contributed by atoms with Gasteiger partial charge in [0.1, 0.15) is 18.2 Å². The highest BCUT2D eigenvalue weighted by Crippen LogP contribution is 2.28. The molecule has 2 heterocycles. The van der Waals surface area contributed by atoms with Crippen LogP contribution in [0.25, 0.3) is 21.7 Å². The van der Waals surface area contributed by atoms with Gasteiger partial charge in [-0.3, -0.25) is 4.79 Å². The minimum atomic E-state index is -0.464. The number of hydrogen-bond acceptors (Lipinski definition) is 6. The van der Waals surface area contributed by atoms with Crippen molar-refractivity contribution < 1.29 is 13.9 Å². The average molecular weight is 400 g/mol. The molecule has 0 radical (unpaired) electrons. The average Bonchev–Trinajstić information content (AvgIpc) is 3.28. The maximum atomic E-state index is 12.7. The van der Waals surface area contributed by atoms with Crippen molar-refractivity contribution >= 4 is 27.7 Å². The maximum absolute atomic E-state index is 12.7. The van der Waals surface area contributed by atoms with E-state index < -0.39 is 11.7 Å². The van der Waals surface area contributed by atoms with Crippen molar-refractivity contribution in [1.82, 2.24) is 10.9 Å². The van der Waals surface area contributed by atoms with Crippen LogP contribution in [0.5, 0.6) is 0 Å². The van der Waals surface area contributed by atoms with Gasteiger partial charge in [0, 0.05) is 23.1 Å². The first kappa shape index (κ1) is 18.5. The SMILES string of the molecule is O=C(OCc1cc(=O)oc2ccc3ccccc3c12)C1CC(c2ccccc2)NN1. The quantitative estimate of drug-likeness (QED) is 0.310. The summed E-state index contributed by atoms with van der Waals surface area (Å²) in [6.45, 7) is 0.00310. The van der Waals surface area contributed by atoms with Gasteiger partial charge in [-0.15, -0.1) is 0 Å². The molecule has 0 bridgehead atoms. The van der Waals surface area contributed by atoms with Crippen molar-refractivity contribution in [2.45, 2.75) is 25.1 Å². The summed E-state index contributed by atoms with van der Waals surface area (Å²) in [4.78, 5) is 24.7. The zero-order valence-corrected chi connectivity index (χ0v) is 16.1. The van der Waals surface area contributed by atoms with Crippen molar-refractivity contribution in [1.29, 1.82) is 0 Å². The number of carbonyl (C=O) groups excluding carboxylic acids is 1. The van der Waals surface area contributed by atoms with Gasteiger partial charge in [0.2, 0.25) is 0 Å². The van der Waals surface area contributed by atoms with E-state index in [4.69, 9.17) is 9.15 Å². The Kier molecular flexibility index (Phi) is 4.78. The molecule has 0 saturated carbocycles. The van der Waals surface area contributed by atoms with Crippen molar-refractivity contribution in [2.24, 2.45) is 0 Å². The van der Waals surface area contributed by atoms with Crippen LogP contribution in [0.3, 0.4) is 0 Å². The molecule has 150 valence electrons. The maximum Gasteiger partial charge on any atom is 0.336 e. The number of hydrazine groups is 1. The monoisotopic (exact) mass is 400 g/mol. The molecule has 30 heavy (non-hydrogen) atoms. The molecule has 0 amide bonds. The Morgan fingerprint density at radius 3 is 2.67 bits per heavy atom. The van der Waals surface area contributed by atoms with Gasteiger partial charge >= 0.3 is 11.6 Å². The largest absolute Gasteiger partial charge is 0.460 e. The van der Waals surface area contributed by atoms with E-state index in [-0.39, 0.29) is 18.6 Å². The van der Waals surface area contributed by atoms with Crippen LogP contribution in [0.15, 0.2) is 82.0 Å². The molecule has 2 N–H and O–H groups in total. The highest BCUT2D eigenvalue weighted by molar-refractivity contribution is 6.07. The van der Waals surface area contributed by atoms with E-state index in [2.05, 4.69) is 10.9 Å². The third kappa shape index (κ3) is 3.47. The second kappa shape index (κ2) is 7.74.